The van der Waals surface area contributed by atoms with E-state index in [0.29, 0.717) is 19.3 Å². The molecule has 0 aromatic carbocycles. The number of hydrogen-bond donors (Lipinski definition) is 0. The maximum Gasteiger partial charge on any atom is 0.306 e. The van der Waals surface area contributed by atoms with Crippen molar-refractivity contribution in [1.29, 1.82) is 0 Å². The summed E-state index contributed by atoms with van der Waals surface area (Å²) >= 11 is 0. The lowest BCUT2D eigenvalue weighted by Crippen LogP contribution is -2.30. The largest absolute Gasteiger partial charge is 0.462 e. The molecule has 0 aliphatic heterocycles. The van der Waals surface area contributed by atoms with Crippen molar-refractivity contribution in [2.24, 2.45) is 0 Å². The van der Waals surface area contributed by atoms with Crippen molar-refractivity contribution in [2.45, 2.75) is 207 Å². The fourth-order valence-electron chi connectivity index (χ4n) is 6.75. The van der Waals surface area contributed by atoms with Gasteiger partial charge in [-0.3, -0.25) is 14.4 Å². The summed E-state index contributed by atoms with van der Waals surface area (Å²) in [5, 5.41) is 0. The van der Waals surface area contributed by atoms with Gasteiger partial charge in [-0.05, 0) is 154 Å². The quantitative estimate of drug-likeness (QED) is 0.0262. The van der Waals surface area contributed by atoms with E-state index in [2.05, 4.69) is 203 Å². The molecule has 0 aliphatic rings. The predicted molar refractivity (Wildman–Crippen MR) is 315 cm³/mol. The maximum atomic E-state index is 12.9. The highest BCUT2D eigenvalue weighted by Crippen LogP contribution is 2.10. The van der Waals surface area contributed by atoms with Crippen LogP contribution in [0.3, 0.4) is 0 Å². The molecule has 0 spiro atoms. The van der Waals surface area contributed by atoms with Crippen LogP contribution in [0.15, 0.2) is 182 Å². The molecule has 0 saturated heterocycles. The molecule has 0 N–H and O–H groups in total. The second kappa shape index (κ2) is 59.1. The Bertz CT molecular complexity index is 1770. The minimum atomic E-state index is -0.843. The van der Waals surface area contributed by atoms with E-state index in [-0.39, 0.29) is 44.0 Å². The second-order valence-electron chi connectivity index (χ2n) is 17.7. The van der Waals surface area contributed by atoms with Gasteiger partial charge in [0.2, 0.25) is 0 Å². The van der Waals surface area contributed by atoms with Crippen LogP contribution >= 0.6 is 0 Å². The number of esters is 3. The summed E-state index contributed by atoms with van der Waals surface area (Å²) in [4.78, 5) is 38.1. The van der Waals surface area contributed by atoms with Crippen LogP contribution in [-0.4, -0.2) is 37.2 Å². The number of allylic oxidation sites excluding steroid dienone is 30. The standard InChI is InChI=1S/C67H100O6/c1-4-7-10-13-16-19-22-25-27-29-31-33-35-37-39-42-45-48-51-54-57-60-66(69)72-63-64(62-71-65(68)59-56-53-50-47-44-41-24-21-18-15-12-9-6-3)73-67(70)61-58-55-52-49-46-43-40-38-36-34-32-30-28-26-23-20-17-14-11-8-5-2/h7-12,16-21,25-28,31-34,37-41,44-46,48-49,64H,4-6,13-15,22-24,29-30,35-36,42-43,47,50-63H2,1-3H3/b10-7-,11-8-,12-9-,19-16-,20-17-,21-18-,27-25-,28-26-,33-31-,34-32-,39-37-,40-38-,44-41-,48-45-,49-46-. The Morgan fingerprint density at radius 2 is 0.493 bits per heavy atom. The zero-order valence-corrected chi connectivity index (χ0v) is 46.1. The van der Waals surface area contributed by atoms with E-state index in [1.54, 1.807) is 0 Å². The van der Waals surface area contributed by atoms with Crippen LogP contribution in [0.1, 0.15) is 201 Å². The van der Waals surface area contributed by atoms with E-state index in [0.717, 1.165) is 148 Å². The number of unbranched alkanes of at least 4 members (excludes halogenated alkanes) is 7. The monoisotopic (exact) mass is 1000 g/mol. The number of hydrogen-bond acceptors (Lipinski definition) is 6. The first-order valence-corrected chi connectivity index (χ1v) is 28.3. The van der Waals surface area contributed by atoms with E-state index in [1.807, 2.05) is 0 Å². The van der Waals surface area contributed by atoms with Crippen LogP contribution in [-0.2, 0) is 28.6 Å². The van der Waals surface area contributed by atoms with Crippen LogP contribution in [0, 0.1) is 0 Å². The zero-order chi connectivity index (χ0) is 52.9. The molecule has 0 bridgehead atoms. The van der Waals surface area contributed by atoms with Gasteiger partial charge in [0.15, 0.2) is 6.10 Å². The third kappa shape index (κ3) is 57.3. The third-order valence-corrected chi connectivity index (χ3v) is 10.9. The lowest BCUT2D eigenvalue weighted by Gasteiger charge is -2.18. The summed E-state index contributed by atoms with van der Waals surface area (Å²) in [6.45, 7) is 6.17. The number of carbonyl (C=O) groups excluding carboxylic acids is 3. The van der Waals surface area contributed by atoms with Gasteiger partial charge in [0.05, 0.1) is 0 Å². The molecule has 1 atom stereocenters. The summed E-state index contributed by atoms with van der Waals surface area (Å²) < 4.78 is 16.7. The fraction of sp³-hybridized carbons (Fsp3) is 0.507. The zero-order valence-electron chi connectivity index (χ0n) is 46.1. The van der Waals surface area contributed by atoms with E-state index in [1.165, 1.54) is 0 Å². The first-order chi connectivity index (χ1) is 36.0. The highest BCUT2D eigenvalue weighted by atomic mass is 16.6. The van der Waals surface area contributed by atoms with Crippen LogP contribution < -0.4 is 0 Å². The topological polar surface area (TPSA) is 78.9 Å². The summed E-state index contributed by atoms with van der Waals surface area (Å²) in [5.41, 5.74) is 0. The average Bonchev–Trinajstić information content (AvgIpc) is 3.39. The normalized spacial score (nSPS) is 13.5. The Morgan fingerprint density at radius 3 is 0.767 bits per heavy atom. The minimum absolute atomic E-state index is 0.135. The van der Waals surface area contributed by atoms with Gasteiger partial charge >= 0.3 is 17.9 Å². The molecule has 0 fully saturated rings. The number of carbonyl (C=O) groups is 3. The van der Waals surface area contributed by atoms with Crippen molar-refractivity contribution >= 4 is 17.9 Å². The number of ether oxygens (including phenoxy) is 3. The van der Waals surface area contributed by atoms with Gasteiger partial charge in [-0.2, -0.15) is 0 Å². The van der Waals surface area contributed by atoms with Crippen LogP contribution in [0.2, 0.25) is 0 Å². The van der Waals surface area contributed by atoms with Gasteiger partial charge in [0, 0.05) is 19.3 Å². The Labute approximate surface area is 446 Å². The lowest BCUT2D eigenvalue weighted by molar-refractivity contribution is -0.167. The smallest absolute Gasteiger partial charge is 0.306 e. The van der Waals surface area contributed by atoms with Gasteiger partial charge in [-0.1, -0.05) is 209 Å². The molecule has 6 heteroatoms. The summed E-state index contributed by atoms with van der Waals surface area (Å²) in [5.74, 6) is -1.07. The molecule has 0 aromatic heterocycles. The molecule has 0 amide bonds. The summed E-state index contributed by atoms with van der Waals surface area (Å²) in [6.07, 6.45) is 88.9. The van der Waals surface area contributed by atoms with E-state index >= 15 is 0 Å². The Kier molecular flexibility index (Phi) is 54.6. The maximum absolute atomic E-state index is 12.9. The van der Waals surface area contributed by atoms with Gasteiger partial charge in [0.25, 0.3) is 0 Å². The Hall–Kier alpha value is -5.49. The molecule has 1 unspecified atom stereocenters. The lowest BCUT2D eigenvalue weighted by atomic mass is 10.1. The SMILES string of the molecule is CC/C=C\C/C=C\C/C=C\C/C=C\C/C=C\C/C=C\CCCCC(=O)OCC(COC(=O)CCCCC/C=C\C/C=C\C/C=C\CC)OC(=O)CCCC/C=C\C/C=C\C/C=C\C/C=C\C/C=C\C/C=C\CC. The van der Waals surface area contributed by atoms with Crippen LogP contribution in [0.25, 0.3) is 0 Å². The van der Waals surface area contributed by atoms with Crippen LogP contribution in [0.4, 0.5) is 0 Å². The Morgan fingerprint density at radius 1 is 0.274 bits per heavy atom. The second-order valence-corrected chi connectivity index (χ2v) is 17.7. The number of rotatable bonds is 48. The van der Waals surface area contributed by atoms with Gasteiger partial charge < -0.3 is 14.2 Å². The van der Waals surface area contributed by atoms with Crippen molar-refractivity contribution in [2.75, 3.05) is 13.2 Å². The average molecular weight is 1000 g/mol. The minimum Gasteiger partial charge on any atom is -0.462 e. The molecule has 0 heterocycles. The van der Waals surface area contributed by atoms with Crippen molar-refractivity contribution in [3.05, 3.63) is 182 Å². The van der Waals surface area contributed by atoms with Crippen molar-refractivity contribution in [1.82, 2.24) is 0 Å². The molecule has 404 valence electrons. The van der Waals surface area contributed by atoms with Gasteiger partial charge in [0.1, 0.15) is 13.2 Å². The molecule has 0 radical (unpaired) electrons. The van der Waals surface area contributed by atoms with E-state index in [9.17, 15) is 14.4 Å². The van der Waals surface area contributed by atoms with E-state index in [4.69, 9.17) is 14.2 Å². The van der Waals surface area contributed by atoms with Gasteiger partial charge in [-0.15, -0.1) is 0 Å². The molecule has 6 nitrogen and oxygen atoms in total. The van der Waals surface area contributed by atoms with Crippen molar-refractivity contribution in [3.8, 4) is 0 Å². The third-order valence-electron chi connectivity index (χ3n) is 10.9. The molecular formula is C67H100O6. The highest BCUT2D eigenvalue weighted by Gasteiger charge is 2.19. The first kappa shape index (κ1) is 67.5. The first-order valence-electron chi connectivity index (χ1n) is 28.3. The van der Waals surface area contributed by atoms with Gasteiger partial charge in [-0.25, -0.2) is 0 Å². The molecular weight excluding hydrogens is 901 g/mol. The van der Waals surface area contributed by atoms with Crippen molar-refractivity contribution in [3.63, 3.8) is 0 Å². The van der Waals surface area contributed by atoms with Crippen molar-refractivity contribution < 1.29 is 28.6 Å². The fourth-order valence-corrected chi connectivity index (χ4v) is 6.75. The molecule has 0 saturated carbocycles. The van der Waals surface area contributed by atoms with Crippen LogP contribution in [0.5, 0.6) is 0 Å². The Balaban J connectivity index is 4.61. The highest BCUT2D eigenvalue weighted by molar-refractivity contribution is 5.71. The molecule has 73 heavy (non-hydrogen) atoms. The predicted octanol–water partition coefficient (Wildman–Crippen LogP) is 19.3. The summed E-state index contributed by atoms with van der Waals surface area (Å²) in [7, 11) is 0. The molecule has 0 aromatic rings. The van der Waals surface area contributed by atoms with E-state index < -0.39 is 6.10 Å². The summed E-state index contributed by atoms with van der Waals surface area (Å²) in [6, 6.07) is 0. The molecule has 0 aliphatic carbocycles. The molecule has 0 rings (SSSR count).